The molecule has 0 aromatic heterocycles. The number of hydrogen-bond donors (Lipinski definition) is 2. The molecule has 0 spiro atoms. The van der Waals surface area contributed by atoms with Gasteiger partial charge in [0, 0.05) is 26.1 Å². The van der Waals surface area contributed by atoms with Gasteiger partial charge in [0.2, 0.25) is 11.8 Å². The number of likely N-dealkylation sites (N-methyl/N-ethyl adjacent to an activating group) is 1. The number of carbonyl (C=O) groups excluding carboxylic acids is 2. The highest BCUT2D eigenvalue weighted by atomic mass is 16.5. The number of ether oxygens (including phenoxy) is 2. The molecule has 1 aromatic carbocycles. The van der Waals surface area contributed by atoms with Crippen molar-refractivity contribution >= 4 is 11.8 Å². The number of hydrogen-bond acceptors (Lipinski definition) is 5. The fourth-order valence-electron chi connectivity index (χ4n) is 3.13. The zero-order chi connectivity index (χ0) is 17.6. The van der Waals surface area contributed by atoms with Crippen LogP contribution in [0.2, 0.25) is 0 Å². The van der Waals surface area contributed by atoms with E-state index in [1.165, 1.54) is 0 Å². The van der Waals surface area contributed by atoms with Crippen molar-refractivity contribution in [3.8, 4) is 11.5 Å². The van der Waals surface area contributed by atoms with Crippen molar-refractivity contribution in [2.24, 2.45) is 0 Å². The summed E-state index contributed by atoms with van der Waals surface area (Å²) in [5.41, 5.74) is 0.943. The van der Waals surface area contributed by atoms with Crippen LogP contribution in [0.4, 0.5) is 0 Å². The molecular formula is C18H25N3O4. The second kappa shape index (κ2) is 8.20. The van der Waals surface area contributed by atoms with E-state index in [-0.39, 0.29) is 24.3 Å². The van der Waals surface area contributed by atoms with Gasteiger partial charge in [-0.15, -0.1) is 0 Å². The van der Waals surface area contributed by atoms with Crippen LogP contribution in [-0.2, 0) is 16.1 Å². The summed E-state index contributed by atoms with van der Waals surface area (Å²) in [4.78, 5) is 26.3. The quantitative estimate of drug-likeness (QED) is 0.819. The number of nitrogens with zero attached hydrogens (tertiary/aromatic N) is 1. The Hall–Kier alpha value is -2.28. The van der Waals surface area contributed by atoms with E-state index in [1.54, 1.807) is 0 Å². The maximum atomic E-state index is 12.3. The summed E-state index contributed by atoms with van der Waals surface area (Å²) in [5, 5.41) is 5.72. The molecule has 0 radical (unpaired) electrons. The third-order valence-corrected chi connectivity index (χ3v) is 4.53. The zero-order valence-corrected chi connectivity index (χ0v) is 14.5. The van der Waals surface area contributed by atoms with Crippen molar-refractivity contribution in [2.45, 2.75) is 32.4 Å². The molecule has 2 aliphatic heterocycles. The molecule has 2 N–H and O–H groups in total. The van der Waals surface area contributed by atoms with Crippen LogP contribution in [0.1, 0.15) is 25.3 Å². The maximum Gasteiger partial charge on any atom is 0.237 e. The van der Waals surface area contributed by atoms with E-state index in [4.69, 9.17) is 9.47 Å². The topological polar surface area (TPSA) is 79.9 Å². The summed E-state index contributed by atoms with van der Waals surface area (Å²) in [6.07, 6.45) is 1.03. The lowest BCUT2D eigenvalue weighted by atomic mass is 10.1. The highest BCUT2D eigenvalue weighted by Gasteiger charge is 2.30. The Kier molecular flexibility index (Phi) is 5.75. The molecular weight excluding hydrogens is 322 g/mol. The summed E-state index contributed by atoms with van der Waals surface area (Å²) in [5.74, 6) is 1.25. The highest BCUT2D eigenvalue weighted by Crippen LogP contribution is 2.30. The largest absolute Gasteiger partial charge is 0.490 e. The van der Waals surface area contributed by atoms with Gasteiger partial charge in [0.1, 0.15) is 0 Å². The summed E-state index contributed by atoms with van der Waals surface area (Å²) in [7, 11) is 0. The number of piperazine rings is 1. The van der Waals surface area contributed by atoms with E-state index < -0.39 is 0 Å². The van der Waals surface area contributed by atoms with E-state index in [0.29, 0.717) is 32.1 Å². The second-order valence-electron chi connectivity index (χ2n) is 6.25. The molecule has 0 unspecified atom stereocenters. The van der Waals surface area contributed by atoms with E-state index in [0.717, 1.165) is 30.8 Å². The molecule has 0 aliphatic carbocycles. The molecule has 2 aliphatic rings. The zero-order valence-electron chi connectivity index (χ0n) is 14.5. The first kappa shape index (κ1) is 17.5. The Bertz CT molecular complexity index is 635. The molecule has 1 aromatic rings. The molecule has 7 nitrogen and oxygen atoms in total. The van der Waals surface area contributed by atoms with Crippen LogP contribution in [0, 0.1) is 0 Å². The molecule has 1 fully saturated rings. The van der Waals surface area contributed by atoms with E-state index in [2.05, 4.69) is 10.6 Å². The monoisotopic (exact) mass is 347 g/mol. The van der Waals surface area contributed by atoms with Crippen LogP contribution in [0.15, 0.2) is 18.2 Å². The number of nitrogens with one attached hydrogen (secondary N) is 2. The molecule has 0 bridgehead atoms. The lowest BCUT2D eigenvalue weighted by Crippen LogP contribution is -2.56. The first-order chi connectivity index (χ1) is 12.2. The molecule has 1 atom stereocenters. The van der Waals surface area contributed by atoms with Crippen molar-refractivity contribution in [1.82, 2.24) is 15.5 Å². The average molecular weight is 347 g/mol. The Balaban J connectivity index is 1.55. The number of rotatable bonds is 5. The van der Waals surface area contributed by atoms with Crippen LogP contribution in [0.25, 0.3) is 0 Å². The Morgan fingerprint density at radius 2 is 2.12 bits per heavy atom. The standard InChI is InChI=1S/C18H25N3O4/c1-2-21-7-6-19-18(23)14(21)11-17(22)20-12-13-4-5-15-16(10-13)25-9-3-8-24-15/h4-5,10,14H,2-3,6-9,11-12H2,1H3,(H,19,23)(H,20,22)/t14-/m0/s1. The van der Waals surface area contributed by atoms with Gasteiger partial charge in [-0.2, -0.15) is 0 Å². The van der Waals surface area contributed by atoms with Crippen molar-refractivity contribution in [2.75, 3.05) is 32.8 Å². The first-order valence-electron chi connectivity index (χ1n) is 8.84. The number of benzene rings is 1. The highest BCUT2D eigenvalue weighted by molar-refractivity contribution is 5.88. The van der Waals surface area contributed by atoms with Crippen molar-refractivity contribution < 1.29 is 19.1 Å². The number of amides is 2. The number of fused-ring (bicyclic) bond motifs is 1. The van der Waals surface area contributed by atoms with E-state index in [9.17, 15) is 9.59 Å². The molecule has 7 heteroatoms. The Labute approximate surface area is 147 Å². The molecule has 1 saturated heterocycles. The van der Waals surface area contributed by atoms with Gasteiger partial charge < -0.3 is 20.1 Å². The predicted molar refractivity (Wildman–Crippen MR) is 92.6 cm³/mol. The second-order valence-corrected chi connectivity index (χ2v) is 6.25. The van der Waals surface area contributed by atoms with Gasteiger partial charge in [-0.25, -0.2) is 0 Å². The van der Waals surface area contributed by atoms with Gasteiger partial charge in [0.05, 0.1) is 25.7 Å². The lowest BCUT2D eigenvalue weighted by Gasteiger charge is -2.33. The molecule has 0 saturated carbocycles. The van der Waals surface area contributed by atoms with E-state index in [1.807, 2.05) is 30.0 Å². The SMILES string of the molecule is CCN1CCNC(=O)[C@@H]1CC(=O)NCc1ccc2c(c1)OCCCO2. The van der Waals surface area contributed by atoms with Gasteiger partial charge in [-0.3, -0.25) is 14.5 Å². The van der Waals surface area contributed by atoms with Gasteiger partial charge in [-0.05, 0) is 24.2 Å². The summed E-state index contributed by atoms with van der Waals surface area (Å²) in [6.45, 7) is 5.86. The third-order valence-electron chi connectivity index (χ3n) is 4.53. The third kappa shape index (κ3) is 4.42. The molecule has 3 rings (SSSR count). The summed E-state index contributed by atoms with van der Waals surface area (Å²) < 4.78 is 11.3. The molecule has 25 heavy (non-hydrogen) atoms. The minimum absolute atomic E-state index is 0.0705. The Morgan fingerprint density at radius 3 is 2.92 bits per heavy atom. The summed E-state index contributed by atoms with van der Waals surface area (Å²) in [6, 6.07) is 5.30. The van der Waals surface area contributed by atoms with Crippen LogP contribution in [0.5, 0.6) is 11.5 Å². The summed E-state index contributed by atoms with van der Waals surface area (Å²) >= 11 is 0. The van der Waals surface area contributed by atoms with Crippen molar-refractivity contribution in [3.05, 3.63) is 23.8 Å². The van der Waals surface area contributed by atoms with Gasteiger partial charge in [0.15, 0.2) is 11.5 Å². The van der Waals surface area contributed by atoms with Crippen molar-refractivity contribution in [3.63, 3.8) is 0 Å². The van der Waals surface area contributed by atoms with Crippen LogP contribution < -0.4 is 20.1 Å². The minimum atomic E-state index is -0.387. The lowest BCUT2D eigenvalue weighted by molar-refractivity contribution is -0.133. The van der Waals surface area contributed by atoms with Crippen molar-refractivity contribution in [1.29, 1.82) is 0 Å². The fourth-order valence-corrected chi connectivity index (χ4v) is 3.13. The van der Waals surface area contributed by atoms with Gasteiger partial charge >= 0.3 is 0 Å². The minimum Gasteiger partial charge on any atom is -0.490 e. The molecule has 2 amide bonds. The smallest absolute Gasteiger partial charge is 0.237 e. The van der Waals surface area contributed by atoms with E-state index >= 15 is 0 Å². The predicted octanol–water partition coefficient (Wildman–Crippen LogP) is 0.675. The molecule has 2 heterocycles. The molecule has 136 valence electrons. The Morgan fingerprint density at radius 1 is 1.32 bits per heavy atom. The van der Waals surface area contributed by atoms with Crippen LogP contribution in [-0.4, -0.2) is 55.6 Å². The fraction of sp³-hybridized carbons (Fsp3) is 0.556. The number of carbonyl (C=O) groups is 2. The first-order valence-corrected chi connectivity index (χ1v) is 8.84. The average Bonchev–Trinajstić information content (AvgIpc) is 2.86. The van der Waals surface area contributed by atoms with Crippen LogP contribution in [0.3, 0.4) is 0 Å². The maximum absolute atomic E-state index is 12.3. The van der Waals surface area contributed by atoms with Gasteiger partial charge in [0.25, 0.3) is 0 Å². The van der Waals surface area contributed by atoms with Gasteiger partial charge in [-0.1, -0.05) is 13.0 Å². The normalized spacial score (nSPS) is 20.5. The van der Waals surface area contributed by atoms with Crippen LogP contribution >= 0.6 is 0 Å².